The van der Waals surface area contributed by atoms with E-state index < -0.39 is 47.0 Å². The van der Waals surface area contributed by atoms with E-state index in [4.69, 9.17) is 13.1 Å². The Morgan fingerprint density at radius 2 is 2.00 bits per heavy atom. The van der Waals surface area contributed by atoms with Crippen molar-refractivity contribution in [2.24, 2.45) is 5.41 Å². The van der Waals surface area contributed by atoms with E-state index in [0.717, 1.165) is 0 Å². The summed E-state index contributed by atoms with van der Waals surface area (Å²) in [4.78, 5) is 23.7. The van der Waals surface area contributed by atoms with Gasteiger partial charge in [0.05, 0.1) is 12.5 Å². The average molecular weight is 318 g/mol. The van der Waals surface area contributed by atoms with Gasteiger partial charge in [-0.05, 0) is 26.8 Å². The van der Waals surface area contributed by atoms with Crippen LogP contribution in [0.3, 0.4) is 0 Å². The fraction of sp³-hybridized carbons (Fsp3) is 0.692. The SMILES string of the molecule is COC(=O)C1=CC2OS(=O)O[C@@H]2[C@H](OC(=O)C(C)(C)C)C1. The van der Waals surface area contributed by atoms with Crippen LogP contribution in [0.4, 0.5) is 0 Å². The molecule has 1 aliphatic carbocycles. The Morgan fingerprint density at radius 1 is 1.33 bits per heavy atom. The standard InChI is InChI=1S/C13H18O7S/c1-13(2,3)12(15)18-8-5-7(11(14)17-4)6-9-10(8)20-21(16)19-9/h6,8-10H,5H2,1-4H3/t8-,9?,10-,21?/m1/s1. The minimum absolute atomic E-state index is 0.135. The molecule has 2 unspecified atom stereocenters. The van der Waals surface area contributed by atoms with Gasteiger partial charge in [0.2, 0.25) is 0 Å². The summed E-state index contributed by atoms with van der Waals surface area (Å²) in [5, 5.41) is 0. The Hall–Kier alpha value is -1.25. The van der Waals surface area contributed by atoms with Gasteiger partial charge in [-0.2, -0.15) is 4.21 Å². The Kier molecular flexibility index (Phi) is 4.50. The minimum atomic E-state index is -1.92. The molecule has 7 nitrogen and oxygen atoms in total. The Balaban J connectivity index is 2.20. The number of carbonyl (C=O) groups is 2. The fourth-order valence-corrected chi connectivity index (χ4v) is 2.82. The van der Waals surface area contributed by atoms with Crippen molar-refractivity contribution in [2.45, 2.75) is 45.5 Å². The van der Waals surface area contributed by atoms with Crippen LogP contribution in [-0.4, -0.2) is 41.6 Å². The first-order chi connectivity index (χ1) is 9.72. The highest BCUT2D eigenvalue weighted by atomic mass is 32.2. The fourth-order valence-electron chi connectivity index (χ4n) is 2.01. The molecule has 0 N–H and O–H groups in total. The molecule has 1 saturated heterocycles. The third-order valence-electron chi connectivity index (χ3n) is 3.17. The molecule has 1 heterocycles. The predicted octanol–water partition coefficient (Wildman–Crippen LogP) is 0.810. The summed E-state index contributed by atoms with van der Waals surface area (Å²) in [6.45, 7) is 5.16. The molecule has 21 heavy (non-hydrogen) atoms. The van der Waals surface area contributed by atoms with Gasteiger partial charge in [-0.3, -0.25) is 13.2 Å². The van der Waals surface area contributed by atoms with Gasteiger partial charge in [-0.1, -0.05) is 0 Å². The quantitative estimate of drug-likeness (QED) is 0.696. The van der Waals surface area contributed by atoms with Crippen molar-refractivity contribution in [3.63, 3.8) is 0 Å². The number of ether oxygens (including phenoxy) is 2. The summed E-state index contributed by atoms with van der Waals surface area (Å²) in [7, 11) is 1.26. The molecule has 0 spiro atoms. The van der Waals surface area contributed by atoms with Crippen molar-refractivity contribution in [3.05, 3.63) is 11.6 Å². The largest absolute Gasteiger partial charge is 0.466 e. The lowest BCUT2D eigenvalue weighted by Gasteiger charge is -2.30. The first-order valence-corrected chi connectivity index (χ1v) is 7.48. The van der Waals surface area contributed by atoms with E-state index in [9.17, 15) is 13.8 Å². The second kappa shape index (κ2) is 5.86. The smallest absolute Gasteiger partial charge is 0.333 e. The first kappa shape index (κ1) is 16.1. The molecular weight excluding hydrogens is 300 g/mol. The Bertz CT molecular complexity index is 505. The number of methoxy groups -OCH3 is 1. The van der Waals surface area contributed by atoms with E-state index in [2.05, 4.69) is 4.74 Å². The molecular formula is C13H18O7S. The van der Waals surface area contributed by atoms with Crippen molar-refractivity contribution in [3.8, 4) is 0 Å². The van der Waals surface area contributed by atoms with Gasteiger partial charge in [0.15, 0.2) is 0 Å². The summed E-state index contributed by atoms with van der Waals surface area (Å²) in [6.07, 6.45) is -0.497. The lowest BCUT2D eigenvalue weighted by molar-refractivity contribution is -0.164. The molecule has 118 valence electrons. The van der Waals surface area contributed by atoms with Crippen molar-refractivity contribution >= 4 is 23.3 Å². The number of esters is 2. The molecule has 2 rings (SSSR count). The zero-order chi connectivity index (χ0) is 15.8. The van der Waals surface area contributed by atoms with Gasteiger partial charge in [0.25, 0.3) is 0 Å². The lowest BCUT2D eigenvalue weighted by atomic mass is 9.91. The van der Waals surface area contributed by atoms with Crippen LogP contribution in [0.15, 0.2) is 11.6 Å². The second-order valence-electron chi connectivity index (χ2n) is 5.91. The highest BCUT2D eigenvalue weighted by Gasteiger charge is 2.46. The number of rotatable bonds is 2. The molecule has 1 aliphatic heterocycles. The monoisotopic (exact) mass is 318 g/mol. The lowest BCUT2D eigenvalue weighted by Crippen LogP contribution is -2.43. The average Bonchev–Trinajstić information content (AvgIpc) is 2.77. The number of hydrogen-bond donors (Lipinski definition) is 0. The number of fused-ring (bicyclic) bond motifs is 1. The highest BCUT2D eigenvalue weighted by Crippen LogP contribution is 2.33. The van der Waals surface area contributed by atoms with Crippen LogP contribution < -0.4 is 0 Å². The second-order valence-corrected chi connectivity index (χ2v) is 6.70. The van der Waals surface area contributed by atoms with Gasteiger partial charge in [-0.25, -0.2) is 4.79 Å². The van der Waals surface area contributed by atoms with Crippen LogP contribution in [0.2, 0.25) is 0 Å². The zero-order valence-electron chi connectivity index (χ0n) is 12.3. The summed E-state index contributed by atoms with van der Waals surface area (Å²) in [5.74, 6) is -0.967. The molecule has 0 radical (unpaired) electrons. The van der Waals surface area contributed by atoms with E-state index in [1.165, 1.54) is 13.2 Å². The third kappa shape index (κ3) is 3.50. The van der Waals surface area contributed by atoms with Crippen LogP contribution >= 0.6 is 0 Å². The van der Waals surface area contributed by atoms with Crippen molar-refractivity contribution < 1.29 is 31.6 Å². The van der Waals surface area contributed by atoms with E-state index >= 15 is 0 Å². The molecule has 0 amide bonds. The molecule has 0 aromatic heterocycles. The predicted molar refractivity (Wildman–Crippen MR) is 71.9 cm³/mol. The van der Waals surface area contributed by atoms with E-state index in [1.807, 2.05) is 0 Å². The molecule has 0 aromatic carbocycles. The van der Waals surface area contributed by atoms with Crippen LogP contribution in [0.1, 0.15) is 27.2 Å². The molecule has 0 aromatic rings. The van der Waals surface area contributed by atoms with Gasteiger partial charge in [0.1, 0.15) is 18.3 Å². The maximum Gasteiger partial charge on any atom is 0.333 e. The van der Waals surface area contributed by atoms with Crippen LogP contribution in [0.5, 0.6) is 0 Å². The maximum absolute atomic E-state index is 12.0. The van der Waals surface area contributed by atoms with E-state index in [0.29, 0.717) is 5.57 Å². The van der Waals surface area contributed by atoms with E-state index in [1.54, 1.807) is 20.8 Å². The van der Waals surface area contributed by atoms with Crippen LogP contribution in [0.25, 0.3) is 0 Å². The van der Waals surface area contributed by atoms with Crippen LogP contribution in [0, 0.1) is 5.41 Å². The Labute approximate surface area is 125 Å². The van der Waals surface area contributed by atoms with Gasteiger partial charge >= 0.3 is 23.3 Å². The molecule has 0 bridgehead atoms. The molecule has 4 atom stereocenters. The van der Waals surface area contributed by atoms with Crippen molar-refractivity contribution in [1.29, 1.82) is 0 Å². The van der Waals surface area contributed by atoms with Crippen molar-refractivity contribution in [1.82, 2.24) is 0 Å². The molecule has 2 aliphatic rings. The highest BCUT2D eigenvalue weighted by molar-refractivity contribution is 7.75. The third-order valence-corrected chi connectivity index (χ3v) is 3.93. The summed E-state index contributed by atoms with van der Waals surface area (Å²) in [6, 6.07) is 0. The van der Waals surface area contributed by atoms with Gasteiger partial charge < -0.3 is 9.47 Å². The van der Waals surface area contributed by atoms with E-state index in [-0.39, 0.29) is 6.42 Å². The normalized spacial score (nSPS) is 32.1. The first-order valence-electron chi connectivity index (χ1n) is 6.48. The minimum Gasteiger partial charge on any atom is -0.466 e. The molecule has 1 fully saturated rings. The summed E-state index contributed by atoms with van der Waals surface area (Å²) in [5.41, 5.74) is -0.381. The summed E-state index contributed by atoms with van der Waals surface area (Å²) < 4.78 is 31.6. The topological polar surface area (TPSA) is 88.1 Å². The number of hydrogen-bond acceptors (Lipinski definition) is 7. The maximum atomic E-state index is 12.0. The summed E-state index contributed by atoms with van der Waals surface area (Å²) >= 11 is -1.92. The Morgan fingerprint density at radius 3 is 2.57 bits per heavy atom. The molecule has 0 saturated carbocycles. The van der Waals surface area contributed by atoms with Crippen LogP contribution in [-0.2, 0) is 38.8 Å². The number of carbonyl (C=O) groups excluding carboxylic acids is 2. The van der Waals surface area contributed by atoms with Gasteiger partial charge in [0, 0.05) is 12.0 Å². The van der Waals surface area contributed by atoms with Crippen molar-refractivity contribution in [2.75, 3.05) is 7.11 Å². The zero-order valence-corrected chi connectivity index (χ0v) is 13.1. The van der Waals surface area contributed by atoms with Gasteiger partial charge in [-0.15, -0.1) is 0 Å². The molecule has 8 heteroatoms.